The minimum absolute atomic E-state index is 0.0743. The summed E-state index contributed by atoms with van der Waals surface area (Å²) < 4.78 is 16.3. The van der Waals surface area contributed by atoms with Crippen LogP contribution in [0.5, 0.6) is 0 Å². The van der Waals surface area contributed by atoms with Gasteiger partial charge < -0.3 is 24.3 Å². The van der Waals surface area contributed by atoms with Crippen LogP contribution in [0.3, 0.4) is 0 Å². The minimum atomic E-state index is -1.96. The average Bonchev–Trinajstić information content (AvgIpc) is 2.52. The van der Waals surface area contributed by atoms with Crippen LogP contribution in [0.2, 0.25) is 0 Å². The van der Waals surface area contributed by atoms with Gasteiger partial charge in [-0.15, -0.1) is 0 Å². The Bertz CT molecular complexity index is 381. The standard InChI is InChI=1S/C15H21BO5/c17-16(18)15(21-11-13-5-2-1-3-6-13)8-4-7-14-12-19-9-10-20-14/h1-3,5-6,14-15H,4,7-12H2/q-2. The molecule has 1 aromatic carbocycles. The van der Waals surface area contributed by atoms with Crippen molar-refractivity contribution < 1.29 is 24.3 Å². The molecule has 1 aromatic rings. The molecule has 0 aromatic heterocycles. The molecular formula is C15H21BO5-2. The van der Waals surface area contributed by atoms with E-state index >= 15 is 0 Å². The summed E-state index contributed by atoms with van der Waals surface area (Å²) in [6.07, 6.45) is 2.06. The number of hydrogen-bond acceptors (Lipinski definition) is 5. The van der Waals surface area contributed by atoms with Gasteiger partial charge >= 0.3 is 0 Å². The predicted molar refractivity (Wildman–Crippen MR) is 75.2 cm³/mol. The van der Waals surface area contributed by atoms with Crippen molar-refractivity contribution in [1.82, 2.24) is 0 Å². The Morgan fingerprint density at radius 1 is 1.24 bits per heavy atom. The van der Waals surface area contributed by atoms with Gasteiger partial charge in [0.15, 0.2) is 0 Å². The van der Waals surface area contributed by atoms with Crippen molar-refractivity contribution in [3.8, 4) is 0 Å². The van der Waals surface area contributed by atoms with Crippen molar-refractivity contribution in [2.45, 2.75) is 38.0 Å². The zero-order valence-corrected chi connectivity index (χ0v) is 12.1. The lowest BCUT2D eigenvalue weighted by molar-refractivity contribution is -0.360. The summed E-state index contributed by atoms with van der Waals surface area (Å²) in [6, 6.07) is 8.75. The van der Waals surface area contributed by atoms with Crippen LogP contribution in [-0.2, 0) is 20.8 Å². The van der Waals surface area contributed by atoms with E-state index in [2.05, 4.69) is 0 Å². The molecule has 2 rings (SSSR count). The van der Waals surface area contributed by atoms with Crippen LogP contribution >= 0.6 is 0 Å². The second-order valence-corrected chi connectivity index (χ2v) is 5.20. The van der Waals surface area contributed by atoms with Crippen LogP contribution in [0.15, 0.2) is 30.3 Å². The Kier molecular flexibility index (Phi) is 7.19. The third kappa shape index (κ3) is 6.15. The molecule has 0 saturated carbocycles. The molecule has 0 aliphatic carbocycles. The van der Waals surface area contributed by atoms with E-state index in [1.54, 1.807) is 0 Å². The van der Waals surface area contributed by atoms with Crippen molar-refractivity contribution in [2.75, 3.05) is 19.8 Å². The smallest absolute Gasteiger partial charge is 0.0809 e. The molecule has 1 aliphatic rings. The van der Waals surface area contributed by atoms with Gasteiger partial charge in [0.05, 0.1) is 32.5 Å². The summed E-state index contributed by atoms with van der Waals surface area (Å²) in [5, 5.41) is 22.4. The highest BCUT2D eigenvalue weighted by atomic mass is 16.6. The molecule has 0 amide bonds. The van der Waals surface area contributed by atoms with E-state index in [4.69, 9.17) is 14.2 Å². The highest BCUT2D eigenvalue weighted by Crippen LogP contribution is 2.13. The number of rotatable bonds is 8. The van der Waals surface area contributed by atoms with E-state index in [9.17, 15) is 10.0 Å². The molecule has 6 heteroatoms. The van der Waals surface area contributed by atoms with E-state index in [1.807, 2.05) is 30.3 Å². The number of hydrogen-bond donors (Lipinski definition) is 0. The summed E-state index contributed by atoms with van der Waals surface area (Å²) >= 11 is 0. The molecular weight excluding hydrogens is 271 g/mol. The zero-order valence-electron chi connectivity index (χ0n) is 12.1. The third-order valence-corrected chi connectivity index (χ3v) is 3.51. The molecule has 2 unspecified atom stereocenters. The third-order valence-electron chi connectivity index (χ3n) is 3.51. The van der Waals surface area contributed by atoms with Crippen LogP contribution < -0.4 is 10.0 Å². The molecule has 1 fully saturated rings. The monoisotopic (exact) mass is 292 g/mol. The summed E-state index contributed by atoms with van der Waals surface area (Å²) in [6.45, 7) is 2.15. The van der Waals surface area contributed by atoms with Gasteiger partial charge in [0.2, 0.25) is 0 Å². The number of ether oxygens (including phenoxy) is 3. The Morgan fingerprint density at radius 2 is 2.05 bits per heavy atom. The van der Waals surface area contributed by atoms with Gasteiger partial charge in [-0.2, -0.15) is 0 Å². The van der Waals surface area contributed by atoms with Crippen molar-refractivity contribution in [3.05, 3.63) is 35.9 Å². The fraction of sp³-hybridized carbons (Fsp3) is 0.600. The molecule has 1 saturated heterocycles. The van der Waals surface area contributed by atoms with Crippen LogP contribution in [0.1, 0.15) is 24.8 Å². The second-order valence-electron chi connectivity index (χ2n) is 5.20. The van der Waals surface area contributed by atoms with Crippen LogP contribution in [0, 0.1) is 0 Å². The van der Waals surface area contributed by atoms with Crippen LogP contribution in [0.25, 0.3) is 0 Å². The highest BCUT2D eigenvalue weighted by molar-refractivity contribution is 6.38. The molecule has 5 nitrogen and oxygen atoms in total. The molecule has 0 N–H and O–H groups in total. The maximum absolute atomic E-state index is 11.2. The largest absolute Gasteiger partial charge is 0.891 e. The Labute approximate surface area is 126 Å². The Morgan fingerprint density at radius 3 is 2.71 bits per heavy atom. The van der Waals surface area contributed by atoms with Crippen molar-refractivity contribution in [2.24, 2.45) is 0 Å². The first kappa shape index (κ1) is 16.5. The first-order chi connectivity index (χ1) is 10.3. The van der Waals surface area contributed by atoms with E-state index < -0.39 is 13.1 Å². The maximum atomic E-state index is 11.2. The first-order valence-corrected chi connectivity index (χ1v) is 7.42. The summed E-state index contributed by atoms with van der Waals surface area (Å²) in [4.78, 5) is 0. The molecule has 0 bridgehead atoms. The molecule has 116 valence electrons. The van der Waals surface area contributed by atoms with Crippen LogP contribution in [-0.4, -0.2) is 39.0 Å². The molecule has 0 radical (unpaired) electrons. The van der Waals surface area contributed by atoms with Crippen molar-refractivity contribution in [3.63, 3.8) is 0 Å². The van der Waals surface area contributed by atoms with Gasteiger partial charge in [-0.05, 0) is 30.8 Å². The fourth-order valence-electron chi connectivity index (χ4n) is 2.33. The number of benzene rings is 1. The SMILES string of the molecule is [O-]B([O-])C(CCCC1COCCO1)OCc1ccccc1. The highest BCUT2D eigenvalue weighted by Gasteiger charge is 2.15. The van der Waals surface area contributed by atoms with Crippen LogP contribution in [0.4, 0.5) is 0 Å². The summed E-state index contributed by atoms with van der Waals surface area (Å²) in [5.41, 5.74) is 0.965. The minimum Gasteiger partial charge on any atom is -0.891 e. The topological polar surface area (TPSA) is 73.8 Å². The van der Waals surface area contributed by atoms with Gasteiger partial charge in [-0.1, -0.05) is 37.5 Å². The van der Waals surface area contributed by atoms with Crippen molar-refractivity contribution in [1.29, 1.82) is 0 Å². The van der Waals surface area contributed by atoms with Crippen molar-refractivity contribution >= 4 is 7.12 Å². The Hall–Kier alpha value is -0.915. The quantitative estimate of drug-likeness (QED) is 0.626. The fourth-order valence-corrected chi connectivity index (χ4v) is 2.33. The molecule has 2 atom stereocenters. The molecule has 1 aliphatic heterocycles. The van der Waals surface area contributed by atoms with Gasteiger partial charge in [0.25, 0.3) is 0 Å². The predicted octanol–water partition coefficient (Wildman–Crippen LogP) is -0.0945. The van der Waals surface area contributed by atoms with E-state index in [0.717, 1.165) is 18.4 Å². The lowest BCUT2D eigenvalue weighted by Gasteiger charge is -2.36. The second kappa shape index (κ2) is 9.17. The van der Waals surface area contributed by atoms with Gasteiger partial charge in [-0.3, -0.25) is 0 Å². The molecule has 0 spiro atoms. The van der Waals surface area contributed by atoms with Gasteiger partial charge in [0.1, 0.15) is 0 Å². The lowest BCUT2D eigenvalue weighted by Crippen LogP contribution is -2.55. The first-order valence-electron chi connectivity index (χ1n) is 7.42. The molecule has 1 heterocycles. The maximum Gasteiger partial charge on any atom is 0.0809 e. The van der Waals surface area contributed by atoms with E-state index in [-0.39, 0.29) is 6.10 Å². The van der Waals surface area contributed by atoms with Gasteiger partial charge in [-0.25, -0.2) is 0 Å². The zero-order chi connectivity index (χ0) is 14.9. The van der Waals surface area contributed by atoms with Gasteiger partial charge in [0, 0.05) is 0 Å². The van der Waals surface area contributed by atoms with E-state index in [1.165, 1.54) is 0 Å². The normalized spacial score (nSPS) is 20.2. The molecule has 21 heavy (non-hydrogen) atoms. The summed E-state index contributed by atoms with van der Waals surface area (Å²) in [7, 11) is -1.96. The van der Waals surface area contributed by atoms with E-state index in [0.29, 0.717) is 32.8 Å². The lowest BCUT2D eigenvalue weighted by atomic mass is 9.79. The average molecular weight is 292 g/mol. The summed E-state index contributed by atoms with van der Waals surface area (Å²) in [5.74, 6) is 0. The Balaban J connectivity index is 1.68.